The van der Waals surface area contributed by atoms with Gasteiger partial charge in [0, 0.05) is 23.3 Å². The number of halogens is 1. The number of fused-ring (bicyclic) bond motifs is 1. The van der Waals surface area contributed by atoms with E-state index in [0.29, 0.717) is 5.56 Å². The number of rotatable bonds is 4. The van der Waals surface area contributed by atoms with Crippen LogP contribution in [0.2, 0.25) is 0 Å². The number of amidine groups is 1. The Hall–Kier alpha value is -2.41. The first kappa shape index (κ1) is 12.6. The predicted octanol–water partition coefficient (Wildman–Crippen LogP) is 2.40. The van der Waals surface area contributed by atoms with Gasteiger partial charge in [-0.3, -0.25) is 9.81 Å². The van der Waals surface area contributed by atoms with Gasteiger partial charge in [-0.2, -0.15) is 0 Å². The van der Waals surface area contributed by atoms with E-state index in [0.717, 1.165) is 10.7 Å². The maximum absolute atomic E-state index is 13.8. The Morgan fingerprint density at radius 3 is 3.05 bits per heavy atom. The van der Waals surface area contributed by atoms with Gasteiger partial charge in [-0.05, 0) is 18.2 Å². The normalized spacial score (nSPS) is 10.8. The van der Waals surface area contributed by atoms with Gasteiger partial charge in [0.1, 0.15) is 12.4 Å². The van der Waals surface area contributed by atoms with Crippen LogP contribution in [0.1, 0.15) is 11.3 Å². The minimum Gasteiger partial charge on any atom is -0.484 e. The van der Waals surface area contributed by atoms with Crippen LogP contribution >= 0.6 is 11.3 Å². The molecule has 0 aliphatic rings. The standard InChI is InChI=1S/C13H11FN4OS/c14-10-5-8(12(15)16)1-2-11(10)19-7-9-6-18-3-4-20-13(18)17-9/h1-6H,7H2,(H3,15,16). The topological polar surface area (TPSA) is 76.4 Å². The molecule has 0 amide bonds. The second-order valence-electron chi connectivity index (χ2n) is 4.17. The van der Waals surface area contributed by atoms with Gasteiger partial charge in [0.2, 0.25) is 0 Å². The molecule has 3 rings (SSSR count). The van der Waals surface area contributed by atoms with Crippen molar-refractivity contribution < 1.29 is 9.13 Å². The highest BCUT2D eigenvalue weighted by Gasteiger charge is 2.08. The summed E-state index contributed by atoms with van der Waals surface area (Å²) in [7, 11) is 0. The number of nitrogens with two attached hydrogens (primary N) is 1. The molecule has 20 heavy (non-hydrogen) atoms. The fraction of sp³-hybridized carbons (Fsp3) is 0.0769. The SMILES string of the molecule is N=C(N)c1ccc(OCc2cn3ccsc3n2)c(F)c1. The van der Waals surface area contributed by atoms with Crippen LogP contribution in [0.25, 0.3) is 4.96 Å². The number of benzene rings is 1. The molecule has 0 atom stereocenters. The van der Waals surface area contributed by atoms with Gasteiger partial charge in [-0.1, -0.05) is 0 Å². The zero-order chi connectivity index (χ0) is 14.1. The van der Waals surface area contributed by atoms with Gasteiger partial charge in [-0.25, -0.2) is 9.37 Å². The number of nitrogen functional groups attached to an aromatic ring is 1. The molecule has 0 bridgehead atoms. The Balaban J connectivity index is 1.74. The van der Waals surface area contributed by atoms with E-state index >= 15 is 0 Å². The first-order valence-electron chi connectivity index (χ1n) is 5.81. The lowest BCUT2D eigenvalue weighted by atomic mass is 10.2. The number of thiazole rings is 1. The molecule has 0 saturated carbocycles. The molecular weight excluding hydrogens is 279 g/mol. The Kier molecular flexibility index (Phi) is 3.11. The van der Waals surface area contributed by atoms with Crippen molar-refractivity contribution in [3.8, 4) is 5.75 Å². The van der Waals surface area contributed by atoms with Crippen LogP contribution < -0.4 is 10.5 Å². The monoisotopic (exact) mass is 290 g/mol. The van der Waals surface area contributed by atoms with Crippen LogP contribution in [0.4, 0.5) is 4.39 Å². The van der Waals surface area contributed by atoms with E-state index in [2.05, 4.69) is 4.98 Å². The van der Waals surface area contributed by atoms with Gasteiger partial charge in [0.15, 0.2) is 16.5 Å². The molecule has 2 aromatic heterocycles. The second-order valence-corrected chi connectivity index (χ2v) is 5.05. The lowest BCUT2D eigenvalue weighted by Crippen LogP contribution is -2.11. The molecule has 0 radical (unpaired) electrons. The molecule has 102 valence electrons. The highest BCUT2D eigenvalue weighted by Crippen LogP contribution is 2.20. The van der Waals surface area contributed by atoms with E-state index < -0.39 is 5.82 Å². The summed E-state index contributed by atoms with van der Waals surface area (Å²) in [6.07, 6.45) is 3.74. The average molecular weight is 290 g/mol. The maximum atomic E-state index is 13.8. The number of ether oxygens (including phenoxy) is 1. The van der Waals surface area contributed by atoms with Crippen molar-refractivity contribution in [3.63, 3.8) is 0 Å². The lowest BCUT2D eigenvalue weighted by Gasteiger charge is -2.06. The van der Waals surface area contributed by atoms with Crippen molar-refractivity contribution in [1.82, 2.24) is 9.38 Å². The van der Waals surface area contributed by atoms with Gasteiger partial charge in [0.25, 0.3) is 0 Å². The minimum absolute atomic E-state index is 0.117. The van der Waals surface area contributed by atoms with Crippen LogP contribution in [0.5, 0.6) is 5.75 Å². The van der Waals surface area contributed by atoms with Crippen molar-refractivity contribution >= 4 is 22.1 Å². The van der Waals surface area contributed by atoms with E-state index in [4.69, 9.17) is 15.9 Å². The second kappa shape index (κ2) is 4.93. The quantitative estimate of drug-likeness (QED) is 0.572. The van der Waals surface area contributed by atoms with E-state index in [9.17, 15) is 4.39 Å². The first-order chi connectivity index (χ1) is 9.63. The number of imidazole rings is 1. The van der Waals surface area contributed by atoms with Crippen LogP contribution in [0.3, 0.4) is 0 Å². The smallest absolute Gasteiger partial charge is 0.193 e. The van der Waals surface area contributed by atoms with Crippen molar-refractivity contribution in [2.75, 3.05) is 0 Å². The van der Waals surface area contributed by atoms with Gasteiger partial charge in [0.05, 0.1) is 5.69 Å². The molecule has 0 spiro atoms. The third-order valence-electron chi connectivity index (χ3n) is 2.76. The first-order valence-corrected chi connectivity index (χ1v) is 6.69. The Morgan fingerprint density at radius 1 is 1.50 bits per heavy atom. The molecular formula is C13H11FN4OS. The highest BCUT2D eigenvalue weighted by atomic mass is 32.1. The lowest BCUT2D eigenvalue weighted by molar-refractivity contribution is 0.286. The molecule has 3 N–H and O–H groups in total. The van der Waals surface area contributed by atoms with Crippen LogP contribution in [0.15, 0.2) is 36.0 Å². The van der Waals surface area contributed by atoms with Gasteiger partial charge >= 0.3 is 0 Å². The van der Waals surface area contributed by atoms with E-state index in [1.807, 2.05) is 22.2 Å². The molecule has 5 nitrogen and oxygen atoms in total. The molecule has 0 aliphatic carbocycles. The summed E-state index contributed by atoms with van der Waals surface area (Å²) in [6, 6.07) is 4.19. The molecule has 0 fully saturated rings. The molecule has 7 heteroatoms. The molecule has 0 saturated heterocycles. The van der Waals surface area contributed by atoms with Crippen molar-refractivity contribution in [3.05, 3.63) is 53.0 Å². The van der Waals surface area contributed by atoms with Gasteiger partial charge in [-0.15, -0.1) is 11.3 Å². The summed E-state index contributed by atoms with van der Waals surface area (Å²) in [5.41, 5.74) is 6.35. The molecule has 0 aliphatic heterocycles. The van der Waals surface area contributed by atoms with Crippen LogP contribution in [-0.4, -0.2) is 15.2 Å². The number of hydrogen-bond donors (Lipinski definition) is 2. The third-order valence-corrected chi connectivity index (χ3v) is 3.53. The Morgan fingerprint density at radius 2 is 2.35 bits per heavy atom. The zero-order valence-corrected chi connectivity index (χ0v) is 11.2. The fourth-order valence-electron chi connectivity index (χ4n) is 1.78. The third kappa shape index (κ3) is 2.35. The predicted molar refractivity (Wildman–Crippen MR) is 74.8 cm³/mol. The van der Waals surface area contributed by atoms with Crippen LogP contribution in [0, 0.1) is 11.2 Å². The fourth-order valence-corrected chi connectivity index (χ4v) is 2.50. The van der Waals surface area contributed by atoms with Crippen molar-refractivity contribution in [1.29, 1.82) is 5.41 Å². The van der Waals surface area contributed by atoms with E-state index in [-0.39, 0.29) is 18.2 Å². The van der Waals surface area contributed by atoms with Crippen LogP contribution in [-0.2, 0) is 6.61 Å². The summed E-state index contributed by atoms with van der Waals surface area (Å²) in [5.74, 6) is -0.602. The van der Waals surface area contributed by atoms with Crippen molar-refractivity contribution in [2.24, 2.45) is 5.73 Å². The number of nitrogens with one attached hydrogen (secondary N) is 1. The Labute approximate surface area is 118 Å². The average Bonchev–Trinajstić information content (AvgIpc) is 2.97. The maximum Gasteiger partial charge on any atom is 0.193 e. The summed E-state index contributed by atoms with van der Waals surface area (Å²) in [5, 5.41) is 9.18. The number of hydrogen-bond acceptors (Lipinski definition) is 4. The van der Waals surface area contributed by atoms with E-state index in [1.165, 1.54) is 23.5 Å². The molecule has 0 unspecified atom stereocenters. The number of nitrogens with zero attached hydrogens (tertiary/aromatic N) is 2. The highest BCUT2D eigenvalue weighted by molar-refractivity contribution is 7.15. The summed E-state index contributed by atoms with van der Waals surface area (Å²) < 4.78 is 21.0. The molecule has 3 aromatic rings. The summed E-state index contributed by atoms with van der Waals surface area (Å²) >= 11 is 1.52. The van der Waals surface area contributed by atoms with Gasteiger partial charge < -0.3 is 10.5 Å². The Bertz CT molecular complexity index is 751. The van der Waals surface area contributed by atoms with E-state index in [1.54, 1.807) is 6.07 Å². The minimum atomic E-state index is -0.543. The summed E-state index contributed by atoms with van der Waals surface area (Å²) in [4.78, 5) is 5.21. The number of aromatic nitrogens is 2. The van der Waals surface area contributed by atoms with Crippen molar-refractivity contribution in [2.45, 2.75) is 6.61 Å². The summed E-state index contributed by atoms with van der Waals surface area (Å²) in [6.45, 7) is 0.185. The zero-order valence-electron chi connectivity index (χ0n) is 10.3. The molecule has 1 aromatic carbocycles. The largest absolute Gasteiger partial charge is 0.484 e. The molecule has 2 heterocycles.